The second kappa shape index (κ2) is 4.62. The van der Waals surface area contributed by atoms with E-state index in [0.29, 0.717) is 17.9 Å². The van der Waals surface area contributed by atoms with E-state index in [9.17, 15) is 4.79 Å². The van der Waals surface area contributed by atoms with Crippen molar-refractivity contribution in [2.75, 3.05) is 25.0 Å². The second-order valence-electron chi connectivity index (χ2n) is 4.25. The van der Waals surface area contributed by atoms with Gasteiger partial charge in [-0.2, -0.15) is 0 Å². The molecule has 3 nitrogen and oxygen atoms in total. The lowest BCUT2D eigenvalue weighted by Crippen LogP contribution is -2.43. The number of carbonyl (C=O) groups is 1. The van der Waals surface area contributed by atoms with E-state index in [1.807, 2.05) is 0 Å². The highest BCUT2D eigenvalue weighted by atomic mass is 79.9. The molecule has 0 aromatic heterocycles. The molecule has 1 amide bonds. The van der Waals surface area contributed by atoms with Crippen molar-refractivity contribution in [2.45, 2.75) is 25.3 Å². The number of amides is 1. The van der Waals surface area contributed by atoms with Gasteiger partial charge in [0.15, 0.2) is 0 Å². The van der Waals surface area contributed by atoms with Gasteiger partial charge in [0.05, 0.1) is 0 Å². The Bertz CT molecular complexity index is 216. The normalized spacial score (nSPS) is 29.9. The van der Waals surface area contributed by atoms with Crippen molar-refractivity contribution >= 4 is 21.8 Å². The number of carbonyl (C=O) groups excluding carboxylic acids is 1. The third-order valence-corrected chi connectivity index (χ3v) is 4.12. The lowest BCUT2D eigenvalue weighted by atomic mass is 10.1. The number of rotatable bonds is 2. The molecule has 0 saturated carbocycles. The summed E-state index contributed by atoms with van der Waals surface area (Å²) < 4.78 is 0. The number of nitrogens with one attached hydrogen (secondary N) is 1. The van der Waals surface area contributed by atoms with Crippen LogP contribution in [-0.4, -0.2) is 41.8 Å². The maximum absolute atomic E-state index is 11.7. The summed E-state index contributed by atoms with van der Waals surface area (Å²) >= 11 is 3.46. The van der Waals surface area contributed by atoms with Gasteiger partial charge < -0.3 is 10.2 Å². The lowest BCUT2D eigenvalue weighted by molar-refractivity contribution is -0.130. The van der Waals surface area contributed by atoms with Gasteiger partial charge in [-0.15, -0.1) is 0 Å². The number of hydrogen-bond donors (Lipinski definition) is 1. The number of likely N-dealkylation sites (tertiary alicyclic amines) is 1. The molecule has 0 aromatic rings. The Hall–Kier alpha value is -0.0900. The quantitative estimate of drug-likeness (QED) is 0.751. The fraction of sp³-hybridized carbons (Fsp3) is 0.900. The summed E-state index contributed by atoms with van der Waals surface area (Å²) in [7, 11) is 0. The van der Waals surface area contributed by atoms with Gasteiger partial charge in [-0.1, -0.05) is 15.9 Å². The minimum absolute atomic E-state index is 0.362. The highest BCUT2D eigenvalue weighted by molar-refractivity contribution is 9.09. The van der Waals surface area contributed by atoms with E-state index < -0.39 is 0 Å². The van der Waals surface area contributed by atoms with Gasteiger partial charge >= 0.3 is 0 Å². The summed E-state index contributed by atoms with van der Waals surface area (Å²) in [6.45, 7) is 3.09. The molecule has 1 atom stereocenters. The topological polar surface area (TPSA) is 32.3 Å². The van der Waals surface area contributed by atoms with E-state index in [1.54, 1.807) is 0 Å². The molecule has 14 heavy (non-hydrogen) atoms. The molecule has 80 valence electrons. The van der Waals surface area contributed by atoms with Gasteiger partial charge in [0.25, 0.3) is 0 Å². The van der Waals surface area contributed by atoms with E-state index in [1.165, 1.54) is 0 Å². The summed E-state index contributed by atoms with van der Waals surface area (Å²) in [5.41, 5.74) is 0. The summed E-state index contributed by atoms with van der Waals surface area (Å²) in [4.78, 5) is 13.8. The van der Waals surface area contributed by atoms with Gasteiger partial charge in [-0.3, -0.25) is 4.79 Å². The number of nitrogens with zero attached hydrogens (tertiary/aromatic N) is 1. The Morgan fingerprint density at radius 2 is 2.14 bits per heavy atom. The van der Waals surface area contributed by atoms with Gasteiger partial charge in [0.2, 0.25) is 5.91 Å². The standard InChI is InChI=1S/C10H17BrN2O/c11-6-8-5-10(14)13(7-8)9-1-3-12-4-2-9/h8-9,12H,1-7H2. The largest absolute Gasteiger partial charge is 0.339 e. The van der Waals surface area contributed by atoms with Crippen molar-refractivity contribution in [3.63, 3.8) is 0 Å². The molecule has 2 fully saturated rings. The molecule has 0 spiro atoms. The van der Waals surface area contributed by atoms with Crippen LogP contribution in [0.4, 0.5) is 0 Å². The molecule has 0 aromatic carbocycles. The molecule has 1 N–H and O–H groups in total. The smallest absolute Gasteiger partial charge is 0.223 e. The van der Waals surface area contributed by atoms with Crippen LogP contribution in [0, 0.1) is 5.92 Å². The Kier molecular flexibility index (Phi) is 3.44. The molecule has 2 aliphatic rings. The maximum atomic E-state index is 11.7. The fourth-order valence-electron chi connectivity index (χ4n) is 2.38. The van der Waals surface area contributed by atoms with Crippen LogP contribution in [0.25, 0.3) is 0 Å². The Labute approximate surface area is 93.4 Å². The monoisotopic (exact) mass is 260 g/mol. The van der Waals surface area contributed by atoms with Crippen LogP contribution >= 0.6 is 15.9 Å². The van der Waals surface area contributed by atoms with Crippen LogP contribution in [-0.2, 0) is 4.79 Å². The molecule has 4 heteroatoms. The number of hydrogen-bond acceptors (Lipinski definition) is 2. The van der Waals surface area contributed by atoms with Crippen molar-refractivity contribution in [1.29, 1.82) is 0 Å². The van der Waals surface area contributed by atoms with Crippen LogP contribution in [0.3, 0.4) is 0 Å². The van der Waals surface area contributed by atoms with E-state index in [0.717, 1.165) is 44.2 Å². The summed E-state index contributed by atoms with van der Waals surface area (Å²) in [6.07, 6.45) is 3.00. The van der Waals surface area contributed by atoms with Gasteiger partial charge in [0, 0.05) is 24.3 Å². The maximum Gasteiger partial charge on any atom is 0.223 e. The second-order valence-corrected chi connectivity index (χ2v) is 4.90. The van der Waals surface area contributed by atoms with Crippen LogP contribution in [0.1, 0.15) is 19.3 Å². The number of halogens is 1. The highest BCUT2D eigenvalue weighted by Crippen LogP contribution is 2.24. The molecular weight excluding hydrogens is 244 g/mol. The first-order valence-corrected chi connectivity index (χ1v) is 6.49. The van der Waals surface area contributed by atoms with Gasteiger partial charge in [-0.25, -0.2) is 0 Å². The zero-order valence-corrected chi connectivity index (χ0v) is 9.92. The van der Waals surface area contributed by atoms with E-state index in [4.69, 9.17) is 0 Å². The minimum Gasteiger partial charge on any atom is -0.339 e. The van der Waals surface area contributed by atoms with Crippen LogP contribution in [0.5, 0.6) is 0 Å². The van der Waals surface area contributed by atoms with E-state index in [2.05, 4.69) is 26.1 Å². The van der Waals surface area contributed by atoms with Gasteiger partial charge in [-0.05, 0) is 31.8 Å². The lowest BCUT2D eigenvalue weighted by Gasteiger charge is -2.31. The minimum atomic E-state index is 0.362. The molecule has 0 bridgehead atoms. The van der Waals surface area contributed by atoms with E-state index >= 15 is 0 Å². The zero-order chi connectivity index (χ0) is 9.97. The van der Waals surface area contributed by atoms with Crippen LogP contribution in [0.15, 0.2) is 0 Å². The predicted octanol–water partition coefficient (Wildman–Crippen LogP) is 0.982. The molecule has 0 aliphatic carbocycles. The van der Waals surface area contributed by atoms with Crippen molar-refractivity contribution in [3.8, 4) is 0 Å². The third-order valence-electron chi connectivity index (χ3n) is 3.21. The molecule has 0 radical (unpaired) electrons. The van der Waals surface area contributed by atoms with Crippen LogP contribution in [0.2, 0.25) is 0 Å². The number of alkyl halides is 1. The average Bonchev–Trinajstić information content (AvgIpc) is 2.61. The van der Waals surface area contributed by atoms with Gasteiger partial charge in [0.1, 0.15) is 0 Å². The molecule has 2 rings (SSSR count). The van der Waals surface area contributed by atoms with Crippen LogP contribution < -0.4 is 5.32 Å². The average molecular weight is 261 g/mol. The van der Waals surface area contributed by atoms with Crippen molar-refractivity contribution in [3.05, 3.63) is 0 Å². The molecule has 2 aliphatic heterocycles. The third kappa shape index (κ3) is 2.11. The first kappa shape index (κ1) is 10.4. The zero-order valence-electron chi connectivity index (χ0n) is 8.34. The molecular formula is C10H17BrN2O. The van der Waals surface area contributed by atoms with Crippen molar-refractivity contribution in [1.82, 2.24) is 10.2 Å². The predicted molar refractivity (Wildman–Crippen MR) is 59.5 cm³/mol. The summed E-state index contributed by atoms with van der Waals surface area (Å²) in [5.74, 6) is 0.902. The first-order valence-electron chi connectivity index (χ1n) is 5.37. The first-order chi connectivity index (χ1) is 6.81. The summed E-state index contributed by atoms with van der Waals surface area (Å²) in [5, 5.41) is 4.29. The Morgan fingerprint density at radius 1 is 1.43 bits per heavy atom. The Morgan fingerprint density at radius 3 is 2.71 bits per heavy atom. The Balaban J connectivity index is 1.93. The molecule has 1 unspecified atom stereocenters. The highest BCUT2D eigenvalue weighted by Gasteiger charge is 2.33. The van der Waals surface area contributed by atoms with E-state index in [-0.39, 0.29) is 0 Å². The van der Waals surface area contributed by atoms with Crippen molar-refractivity contribution < 1.29 is 4.79 Å². The van der Waals surface area contributed by atoms with Crippen molar-refractivity contribution in [2.24, 2.45) is 5.92 Å². The SMILES string of the molecule is O=C1CC(CBr)CN1C1CCNCC1. The molecule has 2 saturated heterocycles. The number of piperidine rings is 1. The summed E-state index contributed by atoms with van der Waals surface area (Å²) in [6, 6.07) is 0.507. The fourth-order valence-corrected chi connectivity index (χ4v) is 2.82. The molecule has 2 heterocycles.